The van der Waals surface area contributed by atoms with Gasteiger partial charge >= 0.3 is 0 Å². The number of halogens is 1. The summed E-state index contributed by atoms with van der Waals surface area (Å²) in [6.45, 7) is 0.435. The quantitative estimate of drug-likeness (QED) is 0.918. The second-order valence-electron chi connectivity index (χ2n) is 5.89. The minimum absolute atomic E-state index is 0.0000782. The lowest BCUT2D eigenvalue weighted by Crippen LogP contribution is -2.24. The third-order valence-corrected chi connectivity index (χ3v) is 4.18. The summed E-state index contributed by atoms with van der Waals surface area (Å²) in [4.78, 5) is 12.0. The molecule has 22 heavy (non-hydrogen) atoms. The molecule has 1 amide bonds. The lowest BCUT2D eigenvalue weighted by Gasteiger charge is -2.16. The maximum Gasteiger partial charge on any atom is 0.224 e. The zero-order valence-corrected chi connectivity index (χ0v) is 12.6. The molecule has 3 heteroatoms. The van der Waals surface area contributed by atoms with Crippen molar-refractivity contribution in [1.82, 2.24) is 5.32 Å². The first-order chi connectivity index (χ1) is 10.7. The molecule has 2 aromatic rings. The van der Waals surface area contributed by atoms with Crippen LogP contribution in [0.5, 0.6) is 0 Å². The van der Waals surface area contributed by atoms with E-state index in [9.17, 15) is 9.18 Å². The average molecular weight is 297 g/mol. The van der Waals surface area contributed by atoms with Crippen LogP contribution in [0.2, 0.25) is 0 Å². The molecule has 1 aliphatic rings. The van der Waals surface area contributed by atoms with Gasteiger partial charge in [-0.25, -0.2) is 4.39 Å². The first-order valence-electron chi connectivity index (χ1n) is 7.82. The Labute approximate surface area is 130 Å². The third kappa shape index (κ3) is 3.73. The number of hydrogen-bond acceptors (Lipinski definition) is 1. The van der Waals surface area contributed by atoms with E-state index in [2.05, 4.69) is 23.5 Å². The van der Waals surface area contributed by atoms with Crippen molar-refractivity contribution in [3.8, 4) is 0 Å². The van der Waals surface area contributed by atoms with Gasteiger partial charge in [0.15, 0.2) is 0 Å². The second kappa shape index (κ2) is 6.73. The van der Waals surface area contributed by atoms with E-state index < -0.39 is 0 Å². The highest BCUT2D eigenvalue weighted by atomic mass is 19.1. The predicted octanol–water partition coefficient (Wildman–Crippen LogP) is 3.56. The van der Waals surface area contributed by atoms with E-state index in [1.54, 1.807) is 12.1 Å². The largest absolute Gasteiger partial charge is 0.352 e. The fourth-order valence-electron chi connectivity index (χ4n) is 2.95. The molecular weight excluding hydrogens is 277 g/mol. The van der Waals surface area contributed by atoms with Crippen molar-refractivity contribution < 1.29 is 9.18 Å². The normalized spacial score (nSPS) is 13.5. The van der Waals surface area contributed by atoms with Crippen LogP contribution in [0, 0.1) is 5.82 Å². The molecule has 2 aromatic carbocycles. The van der Waals surface area contributed by atoms with Gasteiger partial charge in [0.1, 0.15) is 5.82 Å². The summed E-state index contributed by atoms with van der Waals surface area (Å²) in [6.07, 6.45) is 5.19. The molecule has 0 saturated heterocycles. The zero-order chi connectivity index (χ0) is 15.4. The highest BCUT2D eigenvalue weighted by molar-refractivity contribution is 5.78. The fraction of sp³-hybridized carbons (Fsp3) is 0.316. The van der Waals surface area contributed by atoms with Crippen molar-refractivity contribution in [2.24, 2.45) is 0 Å². The van der Waals surface area contributed by atoms with Gasteiger partial charge in [-0.05, 0) is 60.1 Å². The molecule has 0 unspecified atom stereocenters. The van der Waals surface area contributed by atoms with Gasteiger partial charge in [-0.3, -0.25) is 4.79 Å². The van der Waals surface area contributed by atoms with Gasteiger partial charge in [-0.15, -0.1) is 0 Å². The Kier molecular flexibility index (Phi) is 4.52. The van der Waals surface area contributed by atoms with E-state index in [-0.39, 0.29) is 11.7 Å². The van der Waals surface area contributed by atoms with Gasteiger partial charge in [-0.1, -0.05) is 30.3 Å². The zero-order valence-electron chi connectivity index (χ0n) is 12.6. The highest BCUT2D eigenvalue weighted by Gasteiger charge is 2.11. The standard InChI is InChI=1S/C19H20FNO/c20-18-9-6-14(7-10-18)13-21-19(22)12-15-5-8-16-3-1-2-4-17(16)11-15/h5-11H,1-4,12-13H2,(H,21,22). The van der Waals surface area contributed by atoms with E-state index in [1.807, 2.05) is 0 Å². The van der Waals surface area contributed by atoms with Crippen LogP contribution in [0.3, 0.4) is 0 Å². The van der Waals surface area contributed by atoms with E-state index in [0.29, 0.717) is 13.0 Å². The van der Waals surface area contributed by atoms with E-state index in [0.717, 1.165) is 24.0 Å². The Hall–Kier alpha value is -2.16. The number of fused-ring (bicyclic) bond motifs is 1. The fourth-order valence-corrected chi connectivity index (χ4v) is 2.95. The molecule has 3 rings (SSSR count). The number of rotatable bonds is 4. The summed E-state index contributed by atoms with van der Waals surface area (Å²) < 4.78 is 12.8. The van der Waals surface area contributed by atoms with E-state index >= 15 is 0 Å². The monoisotopic (exact) mass is 297 g/mol. The van der Waals surface area contributed by atoms with Gasteiger partial charge in [-0.2, -0.15) is 0 Å². The third-order valence-electron chi connectivity index (χ3n) is 4.18. The van der Waals surface area contributed by atoms with Crippen LogP contribution in [0.1, 0.15) is 35.1 Å². The van der Waals surface area contributed by atoms with Crippen LogP contribution in [0.4, 0.5) is 4.39 Å². The van der Waals surface area contributed by atoms with E-state index in [4.69, 9.17) is 0 Å². The SMILES string of the molecule is O=C(Cc1ccc2c(c1)CCCC2)NCc1ccc(F)cc1. The van der Waals surface area contributed by atoms with Crippen molar-refractivity contribution >= 4 is 5.91 Å². The molecule has 0 spiro atoms. The number of benzene rings is 2. The molecule has 2 nitrogen and oxygen atoms in total. The van der Waals surface area contributed by atoms with Gasteiger partial charge in [0.25, 0.3) is 0 Å². The average Bonchev–Trinajstić information content (AvgIpc) is 2.54. The van der Waals surface area contributed by atoms with Crippen molar-refractivity contribution in [1.29, 1.82) is 0 Å². The Balaban J connectivity index is 1.56. The van der Waals surface area contributed by atoms with Gasteiger partial charge in [0, 0.05) is 6.54 Å². The number of hydrogen-bond donors (Lipinski definition) is 1. The number of carbonyl (C=O) groups excluding carboxylic acids is 1. The molecule has 0 heterocycles. The first-order valence-corrected chi connectivity index (χ1v) is 7.82. The Morgan fingerprint density at radius 1 is 0.955 bits per heavy atom. The topological polar surface area (TPSA) is 29.1 Å². The Bertz CT molecular complexity index is 664. The molecule has 0 fully saturated rings. The molecule has 114 valence electrons. The lowest BCUT2D eigenvalue weighted by atomic mass is 9.90. The summed E-state index contributed by atoms with van der Waals surface area (Å²) in [5.74, 6) is -0.260. The predicted molar refractivity (Wildman–Crippen MR) is 85.0 cm³/mol. The minimum Gasteiger partial charge on any atom is -0.352 e. The summed E-state index contributed by atoms with van der Waals surface area (Å²) in [6, 6.07) is 12.6. The molecule has 0 aliphatic heterocycles. The molecule has 0 saturated carbocycles. The highest BCUT2D eigenvalue weighted by Crippen LogP contribution is 2.22. The van der Waals surface area contributed by atoms with Crippen LogP contribution < -0.4 is 5.32 Å². The van der Waals surface area contributed by atoms with Crippen LogP contribution >= 0.6 is 0 Å². The van der Waals surface area contributed by atoms with Crippen LogP contribution in [-0.4, -0.2) is 5.91 Å². The van der Waals surface area contributed by atoms with Crippen LogP contribution in [-0.2, 0) is 30.6 Å². The summed E-state index contributed by atoms with van der Waals surface area (Å²) >= 11 is 0. The lowest BCUT2D eigenvalue weighted by molar-refractivity contribution is -0.120. The number of aryl methyl sites for hydroxylation is 2. The molecule has 0 radical (unpaired) electrons. The maximum atomic E-state index is 12.8. The molecule has 1 aliphatic carbocycles. The number of carbonyl (C=O) groups is 1. The van der Waals surface area contributed by atoms with Crippen molar-refractivity contribution in [3.63, 3.8) is 0 Å². The smallest absolute Gasteiger partial charge is 0.224 e. The van der Waals surface area contributed by atoms with Crippen molar-refractivity contribution in [3.05, 3.63) is 70.5 Å². The molecular formula is C19H20FNO. The van der Waals surface area contributed by atoms with Crippen molar-refractivity contribution in [2.45, 2.75) is 38.6 Å². The summed E-state index contributed by atoms with van der Waals surface area (Å²) in [5.41, 5.74) is 4.80. The summed E-state index contributed by atoms with van der Waals surface area (Å²) in [5, 5.41) is 2.89. The maximum absolute atomic E-state index is 12.8. The van der Waals surface area contributed by atoms with Gasteiger partial charge < -0.3 is 5.32 Å². The second-order valence-corrected chi connectivity index (χ2v) is 5.89. The Morgan fingerprint density at radius 3 is 2.41 bits per heavy atom. The number of nitrogens with one attached hydrogen (secondary N) is 1. The van der Waals surface area contributed by atoms with E-state index in [1.165, 1.54) is 36.1 Å². The molecule has 0 bridgehead atoms. The summed E-state index contributed by atoms with van der Waals surface area (Å²) in [7, 11) is 0. The number of amides is 1. The molecule has 0 atom stereocenters. The van der Waals surface area contributed by atoms with Gasteiger partial charge in [0.05, 0.1) is 6.42 Å². The molecule has 0 aromatic heterocycles. The van der Waals surface area contributed by atoms with Crippen LogP contribution in [0.25, 0.3) is 0 Å². The first kappa shape index (κ1) is 14.8. The van der Waals surface area contributed by atoms with Gasteiger partial charge in [0.2, 0.25) is 5.91 Å². The Morgan fingerprint density at radius 2 is 1.64 bits per heavy atom. The molecule has 1 N–H and O–H groups in total. The minimum atomic E-state index is -0.260. The van der Waals surface area contributed by atoms with Crippen LogP contribution in [0.15, 0.2) is 42.5 Å². The van der Waals surface area contributed by atoms with Crippen molar-refractivity contribution in [2.75, 3.05) is 0 Å².